The first-order valence-corrected chi connectivity index (χ1v) is 10.9. The zero-order chi connectivity index (χ0) is 18.1. The highest BCUT2D eigenvalue weighted by Gasteiger charge is 2.29. The Morgan fingerprint density at radius 2 is 1.92 bits per heavy atom. The van der Waals surface area contributed by atoms with E-state index in [1.807, 2.05) is 36.4 Å². The molecule has 0 aliphatic carbocycles. The van der Waals surface area contributed by atoms with Crippen molar-refractivity contribution in [1.82, 2.24) is 9.66 Å². The summed E-state index contributed by atoms with van der Waals surface area (Å²) >= 11 is 1.46. The number of carbonyl (C=O) groups is 1. The van der Waals surface area contributed by atoms with Crippen molar-refractivity contribution >= 4 is 38.5 Å². The summed E-state index contributed by atoms with van der Waals surface area (Å²) in [7, 11) is -2.95. The van der Waals surface area contributed by atoms with Crippen LogP contribution in [0.2, 0.25) is 0 Å². The molecule has 1 saturated heterocycles. The molecule has 1 aromatic heterocycles. The average Bonchev–Trinajstić information content (AvgIpc) is 3.18. The number of aromatic nitrogens is 2. The molecule has 2 heterocycles. The highest BCUT2D eigenvalue weighted by Crippen LogP contribution is 2.33. The number of hydrogen-bond donors (Lipinski definition) is 1. The number of sulfone groups is 1. The summed E-state index contributed by atoms with van der Waals surface area (Å²) in [6.07, 6.45) is 2.19. The molecule has 1 N–H and O–H groups in total. The Morgan fingerprint density at radius 1 is 1.15 bits per heavy atom. The van der Waals surface area contributed by atoms with E-state index < -0.39 is 9.84 Å². The van der Waals surface area contributed by atoms with Crippen molar-refractivity contribution in [1.29, 1.82) is 0 Å². The Hall–Kier alpha value is -2.32. The van der Waals surface area contributed by atoms with Gasteiger partial charge in [0.2, 0.25) is 0 Å². The molecule has 2 aromatic carbocycles. The van der Waals surface area contributed by atoms with Crippen molar-refractivity contribution in [2.75, 3.05) is 16.9 Å². The summed E-state index contributed by atoms with van der Waals surface area (Å²) in [5.41, 5.74) is 4.98. The van der Waals surface area contributed by atoms with Gasteiger partial charge in [-0.15, -0.1) is 11.8 Å². The summed E-state index contributed by atoms with van der Waals surface area (Å²) in [4.78, 5) is 17.8. The molecule has 4 rings (SSSR count). The molecule has 1 fully saturated rings. The maximum atomic E-state index is 12.8. The lowest BCUT2D eigenvalue weighted by Gasteiger charge is -2.13. The molecule has 3 aromatic rings. The van der Waals surface area contributed by atoms with E-state index in [1.165, 1.54) is 11.8 Å². The number of nitrogens with one attached hydrogen (secondary N) is 1. The minimum atomic E-state index is -2.95. The fourth-order valence-electron chi connectivity index (χ4n) is 3.01. The van der Waals surface area contributed by atoms with E-state index >= 15 is 0 Å². The largest absolute Gasteiger partial charge is 0.271 e. The zero-order valence-corrected chi connectivity index (χ0v) is 15.5. The van der Waals surface area contributed by atoms with Crippen LogP contribution >= 0.6 is 11.8 Å². The third-order valence-corrected chi connectivity index (χ3v) is 7.62. The fraction of sp³-hybridized carbons (Fsp3) is 0.222. The second-order valence-electron chi connectivity index (χ2n) is 6.18. The van der Waals surface area contributed by atoms with E-state index in [9.17, 15) is 13.2 Å². The first kappa shape index (κ1) is 17.1. The monoisotopic (exact) mass is 387 g/mol. The van der Waals surface area contributed by atoms with Gasteiger partial charge in [-0.25, -0.2) is 18.1 Å². The molecule has 8 heteroatoms. The molecule has 1 aliphatic heterocycles. The number of rotatable bonds is 4. The Bertz CT molecular complexity index is 1080. The van der Waals surface area contributed by atoms with E-state index in [-0.39, 0.29) is 22.7 Å². The lowest BCUT2D eigenvalue weighted by molar-refractivity contribution is 0.101. The Kier molecular flexibility index (Phi) is 4.46. The third kappa shape index (κ3) is 3.47. The smallest absolute Gasteiger partial charge is 0.267 e. The molecule has 0 radical (unpaired) electrons. The van der Waals surface area contributed by atoms with Crippen LogP contribution in [-0.2, 0) is 9.84 Å². The van der Waals surface area contributed by atoms with Gasteiger partial charge in [0, 0.05) is 10.1 Å². The lowest BCUT2D eigenvalue weighted by Crippen LogP contribution is -2.22. The zero-order valence-electron chi connectivity index (χ0n) is 13.8. The minimum Gasteiger partial charge on any atom is -0.267 e. The molecule has 0 saturated carbocycles. The first-order valence-electron chi connectivity index (χ1n) is 8.21. The number of para-hydroxylation sites is 2. The van der Waals surface area contributed by atoms with Crippen molar-refractivity contribution < 1.29 is 13.2 Å². The molecular formula is C18H17N3O3S2. The summed E-state index contributed by atoms with van der Waals surface area (Å²) in [5, 5.41) is -0.0111. The first-order chi connectivity index (χ1) is 12.5. The molecule has 0 bridgehead atoms. The Labute approximate surface area is 155 Å². The number of imidazole rings is 1. The SMILES string of the molecule is O=C(Nn1cnc2ccccc21)c1ccccc1S[C@H]1CCS(=O)(=O)C1. The highest BCUT2D eigenvalue weighted by atomic mass is 32.2. The van der Waals surface area contributed by atoms with Crippen molar-refractivity contribution in [2.24, 2.45) is 0 Å². The predicted octanol–water partition coefficient (Wildman–Crippen LogP) is 2.70. The van der Waals surface area contributed by atoms with Gasteiger partial charge in [0.05, 0.1) is 28.1 Å². The second kappa shape index (κ2) is 6.77. The topological polar surface area (TPSA) is 81.1 Å². The van der Waals surface area contributed by atoms with Crippen LogP contribution < -0.4 is 5.43 Å². The van der Waals surface area contributed by atoms with Crippen LogP contribution in [0.3, 0.4) is 0 Å². The maximum Gasteiger partial charge on any atom is 0.271 e. The van der Waals surface area contributed by atoms with Gasteiger partial charge in [-0.2, -0.15) is 0 Å². The summed E-state index contributed by atoms with van der Waals surface area (Å²) in [6, 6.07) is 14.8. The Balaban J connectivity index is 1.57. The molecule has 0 unspecified atom stereocenters. The van der Waals surface area contributed by atoms with Crippen LogP contribution in [0.4, 0.5) is 0 Å². The molecule has 134 valence electrons. The number of thioether (sulfide) groups is 1. The van der Waals surface area contributed by atoms with Crippen molar-refractivity contribution in [3.8, 4) is 0 Å². The van der Waals surface area contributed by atoms with Crippen LogP contribution in [-0.4, -0.2) is 40.7 Å². The third-order valence-electron chi connectivity index (χ3n) is 4.29. The number of fused-ring (bicyclic) bond motifs is 1. The molecule has 1 amide bonds. The number of nitrogens with zero attached hydrogens (tertiary/aromatic N) is 2. The maximum absolute atomic E-state index is 12.8. The Morgan fingerprint density at radius 3 is 2.73 bits per heavy atom. The molecule has 26 heavy (non-hydrogen) atoms. The van der Waals surface area contributed by atoms with E-state index in [1.54, 1.807) is 23.1 Å². The van der Waals surface area contributed by atoms with Crippen molar-refractivity contribution in [3.05, 3.63) is 60.4 Å². The molecular weight excluding hydrogens is 370 g/mol. The van der Waals surface area contributed by atoms with Gasteiger partial charge in [0.1, 0.15) is 6.33 Å². The molecule has 1 aliphatic rings. The van der Waals surface area contributed by atoms with Gasteiger partial charge in [-0.1, -0.05) is 24.3 Å². The van der Waals surface area contributed by atoms with Crippen LogP contribution in [0.1, 0.15) is 16.8 Å². The van der Waals surface area contributed by atoms with E-state index in [2.05, 4.69) is 10.4 Å². The molecule has 0 spiro atoms. The van der Waals surface area contributed by atoms with Gasteiger partial charge in [-0.05, 0) is 30.7 Å². The van der Waals surface area contributed by atoms with Gasteiger partial charge < -0.3 is 0 Å². The standard InChI is InChI=1S/C18H17N3O3S2/c22-18(20-21-12-19-15-6-2-3-7-16(15)21)14-5-1-4-8-17(14)25-13-9-10-26(23,24)11-13/h1-8,12-13H,9-11H2,(H,20,22)/t13-/m0/s1. The average molecular weight is 387 g/mol. The number of benzene rings is 2. The number of amides is 1. The van der Waals surface area contributed by atoms with Gasteiger partial charge >= 0.3 is 0 Å². The minimum absolute atomic E-state index is 0.0111. The van der Waals surface area contributed by atoms with E-state index in [4.69, 9.17) is 0 Å². The fourth-order valence-corrected chi connectivity index (χ4v) is 6.63. The van der Waals surface area contributed by atoms with Crippen molar-refractivity contribution in [3.63, 3.8) is 0 Å². The summed E-state index contributed by atoms with van der Waals surface area (Å²) in [5.74, 6) is 0.136. The molecule has 1 atom stereocenters. The normalized spacial score (nSPS) is 18.8. The summed E-state index contributed by atoms with van der Waals surface area (Å²) in [6.45, 7) is 0. The summed E-state index contributed by atoms with van der Waals surface area (Å²) < 4.78 is 25.0. The van der Waals surface area contributed by atoms with Crippen LogP contribution in [0.5, 0.6) is 0 Å². The number of carbonyl (C=O) groups excluding carboxylic acids is 1. The van der Waals surface area contributed by atoms with Crippen LogP contribution in [0.25, 0.3) is 11.0 Å². The van der Waals surface area contributed by atoms with Gasteiger partial charge in [0.15, 0.2) is 9.84 Å². The van der Waals surface area contributed by atoms with Crippen molar-refractivity contribution in [2.45, 2.75) is 16.6 Å². The van der Waals surface area contributed by atoms with Crippen LogP contribution in [0, 0.1) is 0 Å². The highest BCUT2D eigenvalue weighted by molar-refractivity contribution is 8.02. The van der Waals surface area contributed by atoms with E-state index in [0.29, 0.717) is 12.0 Å². The predicted molar refractivity (Wildman–Crippen MR) is 103 cm³/mol. The van der Waals surface area contributed by atoms with Gasteiger partial charge in [0.25, 0.3) is 5.91 Å². The number of hydrogen-bond acceptors (Lipinski definition) is 5. The lowest BCUT2D eigenvalue weighted by atomic mass is 10.2. The van der Waals surface area contributed by atoms with E-state index in [0.717, 1.165) is 15.9 Å². The second-order valence-corrected chi connectivity index (χ2v) is 9.75. The molecule has 6 nitrogen and oxygen atoms in total. The van der Waals surface area contributed by atoms with Gasteiger partial charge in [-0.3, -0.25) is 10.2 Å². The van der Waals surface area contributed by atoms with Crippen LogP contribution in [0.15, 0.2) is 59.8 Å². The quantitative estimate of drug-likeness (QED) is 0.744.